The Morgan fingerprint density at radius 3 is 2.58 bits per heavy atom. The lowest BCUT2D eigenvalue weighted by atomic mass is 10.5. The van der Waals surface area contributed by atoms with E-state index >= 15 is 0 Å². The van der Waals surface area contributed by atoms with E-state index in [0.29, 0.717) is 9.35 Å². The summed E-state index contributed by atoms with van der Waals surface area (Å²) < 4.78 is 38.3. The molecule has 0 aliphatic heterocycles. The van der Waals surface area contributed by atoms with Crippen LogP contribution in [-0.2, 0) is 6.18 Å². The molecule has 11 heteroatoms. The fourth-order valence-electron chi connectivity index (χ4n) is 1.09. The molecule has 19 heavy (non-hydrogen) atoms. The van der Waals surface area contributed by atoms with Gasteiger partial charge in [0.05, 0.1) is 0 Å². The first-order valence-corrected chi connectivity index (χ1v) is 6.42. The first-order chi connectivity index (χ1) is 8.88. The van der Waals surface area contributed by atoms with Gasteiger partial charge in [0.2, 0.25) is 5.82 Å². The fourth-order valence-corrected chi connectivity index (χ4v) is 2.85. The van der Waals surface area contributed by atoms with Crippen molar-refractivity contribution in [2.45, 2.75) is 22.5 Å². The number of nitrogens with zero attached hydrogens (tertiary/aromatic N) is 4. The summed E-state index contributed by atoms with van der Waals surface area (Å²) in [6, 6.07) is 1.30. The Balaban J connectivity index is 2.34. The zero-order valence-corrected chi connectivity index (χ0v) is 11.0. The smallest absolute Gasteiger partial charge is 0.308 e. The number of hydrogen-bond acceptors (Lipinski definition) is 8. The van der Waals surface area contributed by atoms with Gasteiger partial charge in [-0.2, -0.15) is 13.2 Å². The van der Waals surface area contributed by atoms with E-state index in [1.807, 2.05) is 0 Å². The van der Waals surface area contributed by atoms with Gasteiger partial charge in [0.25, 0.3) is 0 Å². The summed E-state index contributed by atoms with van der Waals surface area (Å²) >= 11 is 2.22. The number of hydrogen-bond donors (Lipinski definition) is 2. The zero-order valence-electron chi connectivity index (χ0n) is 9.39. The number of nitrogens with two attached hydrogens (primary N) is 1. The van der Waals surface area contributed by atoms with Gasteiger partial charge >= 0.3 is 6.18 Å². The minimum atomic E-state index is -4.64. The van der Waals surface area contributed by atoms with Crippen molar-refractivity contribution < 1.29 is 13.2 Å². The number of nitrogens with one attached hydrogen (secondary N) is 1. The van der Waals surface area contributed by atoms with Crippen LogP contribution in [0.2, 0.25) is 0 Å². The van der Waals surface area contributed by atoms with E-state index in [-0.39, 0.29) is 10.8 Å². The maximum absolute atomic E-state index is 12.6. The van der Waals surface area contributed by atoms with Gasteiger partial charge in [-0.25, -0.2) is 15.8 Å². The summed E-state index contributed by atoms with van der Waals surface area (Å²) in [7, 11) is 0. The van der Waals surface area contributed by atoms with Crippen molar-refractivity contribution in [3.8, 4) is 0 Å². The topological polar surface area (TPSA) is 89.6 Å². The summed E-state index contributed by atoms with van der Waals surface area (Å²) in [6.07, 6.45) is -4.64. The van der Waals surface area contributed by atoms with Crippen molar-refractivity contribution in [2.24, 2.45) is 5.84 Å². The van der Waals surface area contributed by atoms with E-state index in [9.17, 15) is 13.2 Å². The second-order valence-electron chi connectivity index (χ2n) is 3.25. The van der Waals surface area contributed by atoms with Crippen LogP contribution in [0.15, 0.2) is 15.4 Å². The first-order valence-electron chi connectivity index (χ1n) is 4.79. The van der Waals surface area contributed by atoms with Crippen LogP contribution in [0.4, 0.5) is 19.0 Å². The van der Waals surface area contributed by atoms with E-state index in [4.69, 9.17) is 5.84 Å². The summed E-state index contributed by atoms with van der Waals surface area (Å²) in [5.74, 6) is 3.71. The van der Waals surface area contributed by atoms with Crippen molar-refractivity contribution in [1.29, 1.82) is 0 Å². The third-order valence-electron chi connectivity index (χ3n) is 1.80. The molecule has 2 rings (SSSR count). The molecule has 0 bridgehead atoms. The third-order valence-corrected chi connectivity index (χ3v) is 3.61. The Hall–Kier alpha value is -1.46. The van der Waals surface area contributed by atoms with Crippen LogP contribution in [0.25, 0.3) is 0 Å². The first kappa shape index (κ1) is 14.0. The lowest BCUT2D eigenvalue weighted by Gasteiger charge is -2.08. The monoisotopic (exact) mass is 308 g/mol. The molecule has 2 heterocycles. The van der Waals surface area contributed by atoms with E-state index in [0.717, 1.165) is 11.8 Å². The predicted octanol–water partition coefficient (Wildman–Crippen LogP) is 2.09. The van der Waals surface area contributed by atoms with E-state index in [1.165, 1.54) is 17.4 Å². The van der Waals surface area contributed by atoms with Gasteiger partial charge in [0, 0.05) is 6.07 Å². The molecule has 102 valence electrons. The van der Waals surface area contributed by atoms with Gasteiger partial charge in [-0.1, -0.05) is 11.3 Å². The average molecular weight is 308 g/mol. The molecule has 0 saturated carbocycles. The number of alkyl halides is 3. The van der Waals surface area contributed by atoms with Crippen molar-refractivity contribution in [1.82, 2.24) is 20.2 Å². The normalized spacial score (nSPS) is 11.6. The van der Waals surface area contributed by atoms with Crippen LogP contribution in [0.3, 0.4) is 0 Å². The van der Waals surface area contributed by atoms with Crippen LogP contribution in [0.1, 0.15) is 10.8 Å². The van der Waals surface area contributed by atoms with Crippen molar-refractivity contribution in [3.05, 3.63) is 16.9 Å². The standard InChI is InChI=1S/C8H7F3N6S2/c1-3-16-17-7(18-3)19-5-2-4(15-12)13-6(14-5)8(9,10)11/h2H,12H2,1H3,(H,13,14,15). The Bertz CT molecular complexity index is 584. The molecule has 0 aliphatic rings. The number of anilines is 1. The van der Waals surface area contributed by atoms with E-state index < -0.39 is 12.0 Å². The predicted molar refractivity (Wildman–Crippen MR) is 63.6 cm³/mol. The van der Waals surface area contributed by atoms with E-state index in [2.05, 4.69) is 25.6 Å². The molecule has 0 saturated heterocycles. The number of hydrazine groups is 1. The Kier molecular flexibility index (Phi) is 3.87. The second kappa shape index (κ2) is 5.27. The summed E-state index contributed by atoms with van der Waals surface area (Å²) in [6.45, 7) is 1.75. The molecule has 0 radical (unpaired) electrons. The lowest BCUT2D eigenvalue weighted by molar-refractivity contribution is -0.145. The maximum Gasteiger partial charge on any atom is 0.451 e. The Morgan fingerprint density at radius 2 is 2.05 bits per heavy atom. The highest BCUT2D eigenvalue weighted by Crippen LogP contribution is 2.33. The quantitative estimate of drug-likeness (QED) is 0.510. The summed E-state index contributed by atoms with van der Waals surface area (Å²) in [5, 5.41) is 8.37. The van der Waals surface area contributed by atoms with Crippen molar-refractivity contribution in [2.75, 3.05) is 5.43 Å². The van der Waals surface area contributed by atoms with Gasteiger partial charge in [-0.3, -0.25) is 0 Å². The van der Waals surface area contributed by atoms with Crippen LogP contribution < -0.4 is 11.3 Å². The number of aromatic nitrogens is 4. The second-order valence-corrected chi connectivity index (χ2v) is 5.70. The minimum absolute atomic E-state index is 0.0893. The highest BCUT2D eigenvalue weighted by atomic mass is 32.2. The molecule has 3 N–H and O–H groups in total. The molecule has 2 aromatic rings. The highest BCUT2D eigenvalue weighted by molar-refractivity contribution is 8.01. The maximum atomic E-state index is 12.6. The number of nitrogen functional groups attached to an aromatic ring is 1. The van der Waals surface area contributed by atoms with Gasteiger partial charge in [-0.05, 0) is 18.7 Å². The number of rotatable bonds is 3. The number of aryl methyl sites for hydroxylation is 1. The average Bonchev–Trinajstić information content (AvgIpc) is 2.73. The zero-order chi connectivity index (χ0) is 14.0. The highest BCUT2D eigenvalue weighted by Gasteiger charge is 2.35. The molecule has 0 amide bonds. The van der Waals surface area contributed by atoms with Crippen LogP contribution in [0, 0.1) is 6.92 Å². The summed E-state index contributed by atoms with van der Waals surface area (Å²) in [4.78, 5) is 6.68. The van der Waals surface area contributed by atoms with Crippen LogP contribution >= 0.6 is 23.1 Å². The molecule has 0 spiro atoms. The van der Waals surface area contributed by atoms with Gasteiger partial charge < -0.3 is 5.43 Å². The van der Waals surface area contributed by atoms with Gasteiger partial charge in [-0.15, -0.1) is 10.2 Å². The molecule has 0 unspecified atom stereocenters. The Morgan fingerprint density at radius 1 is 1.32 bits per heavy atom. The van der Waals surface area contributed by atoms with E-state index in [1.54, 1.807) is 6.92 Å². The van der Waals surface area contributed by atoms with Gasteiger partial charge in [0.15, 0.2) is 4.34 Å². The number of halogens is 3. The SMILES string of the molecule is Cc1nnc(Sc2cc(NN)nc(C(F)(F)F)n2)s1. The third kappa shape index (κ3) is 3.52. The fraction of sp³-hybridized carbons (Fsp3) is 0.250. The Labute approximate surface area is 113 Å². The molecular weight excluding hydrogens is 301 g/mol. The largest absolute Gasteiger partial charge is 0.451 e. The molecule has 6 nitrogen and oxygen atoms in total. The van der Waals surface area contributed by atoms with Crippen molar-refractivity contribution in [3.63, 3.8) is 0 Å². The molecule has 0 fully saturated rings. The van der Waals surface area contributed by atoms with Gasteiger partial charge in [0.1, 0.15) is 15.9 Å². The van der Waals surface area contributed by atoms with Crippen molar-refractivity contribution >= 4 is 28.9 Å². The molecular formula is C8H7F3N6S2. The molecule has 0 aliphatic carbocycles. The molecule has 2 aromatic heterocycles. The van der Waals surface area contributed by atoms with Crippen LogP contribution in [-0.4, -0.2) is 20.2 Å². The minimum Gasteiger partial charge on any atom is -0.308 e. The molecule has 0 atom stereocenters. The van der Waals surface area contributed by atoms with Crippen LogP contribution in [0.5, 0.6) is 0 Å². The lowest BCUT2D eigenvalue weighted by Crippen LogP contribution is -2.16. The molecule has 0 aromatic carbocycles. The summed E-state index contributed by atoms with van der Waals surface area (Å²) in [5.41, 5.74) is 2.07.